The Labute approximate surface area is 208 Å². The van der Waals surface area contributed by atoms with Gasteiger partial charge in [0.25, 0.3) is 5.91 Å². The molecule has 1 amide bonds. The SMILES string of the molecule is CCN(CC)CCN1C(=O)c2oc3ccc(F)cc3c(=O)c2C1c1cccc(Oc2ccccc2)c1. The van der Waals surface area contributed by atoms with Crippen molar-refractivity contribution < 1.29 is 18.3 Å². The van der Waals surface area contributed by atoms with Gasteiger partial charge in [0.1, 0.15) is 22.9 Å². The van der Waals surface area contributed by atoms with Crippen molar-refractivity contribution in [1.82, 2.24) is 9.80 Å². The van der Waals surface area contributed by atoms with E-state index in [-0.39, 0.29) is 28.2 Å². The smallest absolute Gasteiger partial charge is 0.290 e. The van der Waals surface area contributed by atoms with Crippen molar-refractivity contribution in [2.45, 2.75) is 19.9 Å². The fourth-order valence-corrected chi connectivity index (χ4v) is 4.73. The lowest BCUT2D eigenvalue weighted by Crippen LogP contribution is -2.37. The van der Waals surface area contributed by atoms with E-state index in [0.717, 1.165) is 24.7 Å². The average Bonchev–Trinajstić information content (AvgIpc) is 3.17. The van der Waals surface area contributed by atoms with E-state index in [1.54, 1.807) is 4.90 Å². The Morgan fingerprint density at radius 1 is 0.944 bits per heavy atom. The van der Waals surface area contributed by atoms with Crippen LogP contribution in [0.1, 0.15) is 41.6 Å². The molecule has 0 saturated carbocycles. The van der Waals surface area contributed by atoms with E-state index in [2.05, 4.69) is 18.7 Å². The maximum absolute atomic E-state index is 14.0. The predicted octanol–water partition coefficient (Wildman–Crippen LogP) is 5.61. The molecule has 36 heavy (non-hydrogen) atoms. The number of benzene rings is 3. The summed E-state index contributed by atoms with van der Waals surface area (Å²) in [5.74, 6) is 0.390. The molecule has 4 aromatic rings. The minimum atomic E-state index is -0.675. The Bertz CT molecular complexity index is 1460. The Morgan fingerprint density at radius 2 is 1.69 bits per heavy atom. The molecule has 0 N–H and O–H groups in total. The summed E-state index contributed by atoms with van der Waals surface area (Å²) in [5, 5.41) is 0.119. The van der Waals surface area contributed by atoms with Crippen LogP contribution < -0.4 is 10.2 Å². The monoisotopic (exact) mass is 486 g/mol. The predicted molar refractivity (Wildman–Crippen MR) is 136 cm³/mol. The third-order valence-electron chi connectivity index (χ3n) is 6.63. The van der Waals surface area contributed by atoms with Crippen molar-refractivity contribution in [2.75, 3.05) is 26.2 Å². The summed E-state index contributed by atoms with van der Waals surface area (Å²) >= 11 is 0. The molecule has 0 bridgehead atoms. The van der Waals surface area contributed by atoms with Crippen molar-refractivity contribution in [3.8, 4) is 11.5 Å². The minimum Gasteiger partial charge on any atom is -0.457 e. The van der Waals surface area contributed by atoms with Crippen LogP contribution >= 0.6 is 0 Å². The summed E-state index contributed by atoms with van der Waals surface area (Å²) in [6, 6.07) is 19.8. The molecular weight excluding hydrogens is 459 g/mol. The summed E-state index contributed by atoms with van der Waals surface area (Å²) in [7, 11) is 0. The van der Waals surface area contributed by atoms with Crippen LogP contribution in [-0.2, 0) is 0 Å². The lowest BCUT2D eigenvalue weighted by atomic mass is 9.98. The van der Waals surface area contributed by atoms with Gasteiger partial charge in [0, 0.05) is 13.1 Å². The van der Waals surface area contributed by atoms with Crippen molar-refractivity contribution in [1.29, 1.82) is 0 Å². The van der Waals surface area contributed by atoms with Crippen LogP contribution in [0, 0.1) is 5.82 Å². The highest BCUT2D eigenvalue weighted by molar-refractivity contribution is 5.99. The Hall–Kier alpha value is -3.97. The molecule has 0 aliphatic carbocycles. The maximum atomic E-state index is 14.0. The van der Waals surface area contributed by atoms with Gasteiger partial charge in [0.05, 0.1) is 17.0 Å². The molecule has 0 spiro atoms. The highest BCUT2D eigenvalue weighted by atomic mass is 19.1. The number of halogens is 1. The molecule has 184 valence electrons. The molecule has 7 heteroatoms. The number of rotatable bonds is 8. The number of likely N-dealkylation sites (N-methyl/N-ethyl adjacent to an activating group) is 1. The maximum Gasteiger partial charge on any atom is 0.290 e. The highest BCUT2D eigenvalue weighted by Gasteiger charge is 2.42. The van der Waals surface area contributed by atoms with Gasteiger partial charge in [-0.2, -0.15) is 0 Å². The van der Waals surface area contributed by atoms with Crippen molar-refractivity contribution in [3.05, 3.63) is 106 Å². The minimum absolute atomic E-state index is 0.0121. The first-order valence-corrected chi connectivity index (χ1v) is 12.1. The zero-order valence-corrected chi connectivity index (χ0v) is 20.2. The van der Waals surface area contributed by atoms with E-state index in [1.807, 2.05) is 54.6 Å². The number of hydrogen-bond acceptors (Lipinski definition) is 5. The normalized spacial score (nSPS) is 15.1. The van der Waals surface area contributed by atoms with Crippen molar-refractivity contribution in [3.63, 3.8) is 0 Å². The summed E-state index contributed by atoms with van der Waals surface area (Å²) in [6.07, 6.45) is 0. The van der Waals surface area contributed by atoms with E-state index in [9.17, 15) is 14.0 Å². The Kier molecular flexibility index (Phi) is 6.57. The van der Waals surface area contributed by atoms with Crippen LogP contribution in [0.2, 0.25) is 0 Å². The Morgan fingerprint density at radius 3 is 2.44 bits per heavy atom. The van der Waals surface area contributed by atoms with Gasteiger partial charge in [-0.05, 0) is 61.1 Å². The van der Waals surface area contributed by atoms with Gasteiger partial charge in [0.15, 0.2) is 5.43 Å². The van der Waals surface area contributed by atoms with Crippen LogP contribution in [0.15, 0.2) is 82.0 Å². The third-order valence-corrected chi connectivity index (χ3v) is 6.63. The van der Waals surface area contributed by atoms with Crippen LogP contribution in [0.3, 0.4) is 0 Å². The number of para-hydroxylation sites is 1. The summed E-state index contributed by atoms with van der Waals surface area (Å²) in [6.45, 7) is 6.87. The first kappa shape index (κ1) is 23.8. The van der Waals surface area contributed by atoms with Gasteiger partial charge in [-0.3, -0.25) is 9.59 Å². The molecule has 1 unspecified atom stereocenters. The lowest BCUT2D eigenvalue weighted by molar-refractivity contribution is 0.0708. The van der Waals surface area contributed by atoms with Gasteiger partial charge in [-0.1, -0.05) is 44.2 Å². The second kappa shape index (κ2) is 9.95. The van der Waals surface area contributed by atoms with Gasteiger partial charge in [-0.25, -0.2) is 4.39 Å². The van der Waals surface area contributed by atoms with Crippen LogP contribution in [0.4, 0.5) is 4.39 Å². The fourth-order valence-electron chi connectivity index (χ4n) is 4.73. The lowest BCUT2D eigenvalue weighted by Gasteiger charge is -2.28. The second-order valence-electron chi connectivity index (χ2n) is 8.73. The number of nitrogens with zero attached hydrogens (tertiary/aromatic N) is 2. The molecule has 0 fully saturated rings. The van der Waals surface area contributed by atoms with Crippen LogP contribution in [0.5, 0.6) is 11.5 Å². The number of fused-ring (bicyclic) bond motifs is 2. The van der Waals surface area contributed by atoms with Gasteiger partial charge in [0.2, 0.25) is 5.76 Å². The fraction of sp³-hybridized carbons (Fsp3) is 0.241. The number of hydrogen-bond donors (Lipinski definition) is 0. The van der Waals surface area contributed by atoms with E-state index >= 15 is 0 Å². The topological polar surface area (TPSA) is 63.0 Å². The number of amides is 1. The Balaban J connectivity index is 1.62. The summed E-state index contributed by atoms with van der Waals surface area (Å²) in [5.41, 5.74) is 0.746. The number of ether oxygens (including phenoxy) is 1. The standard InChI is InChI=1S/C29H27FN2O4/c1-3-31(4-2)15-16-32-26(19-9-8-12-22(17-19)35-21-10-6-5-7-11-21)25-27(33)23-18-20(30)13-14-24(23)36-28(25)29(32)34/h5-14,17-18,26H,3-4,15-16H2,1-2H3. The molecule has 2 heterocycles. The average molecular weight is 487 g/mol. The molecule has 0 radical (unpaired) electrons. The van der Waals surface area contributed by atoms with Crippen LogP contribution in [0.25, 0.3) is 11.0 Å². The third kappa shape index (κ3) is 4.38. The molecule has 1 aliphatic heterocycles. The zero-order chi connectivity index (χ0) is 25.2. The number of carbonyl (C=O) groups excluding carboxylic acids is 1. The highest BCUT2D eigenvalue weighted by Crippen LogP contribution is 2.39. The van der Waals surface area contributed by atoms with E-state index in [4.69, 9.17) is 9.15 Å². The molecule has 1 atom stereocenters. The number of carbonyl (C=O) groups is 1. The van der Waals surface area contributed by atoms with Gasteiger partial charge in [-0.15, -0.1) is 0 Å². The zero-order valence-electron chi connectivity index (χ0n) is 20.2. The molecule has 0 saturated heterocycles. The first-order valence-electron chi connectivity index (χ1n) is 12.1. The first-order chi connectivity index (χ1) is 17.5. The molecule has 5 rings (SSSR count). The quantitative estimate of drug-likeness (QED) is 0.324. The van der Waals surface area contributed by atoms with Gasteiger partial charge >= 0.3 is 0 Å². The van der Waals surface area contributed by atoms with E-state index in [1.165, 1.54) is 12.1 Å². The molecule has 6 nitrogen and oxygen atoms in total. The van der Waals surface area contributed by atoms with Crippen LogP contribution in [-0.4, -0.2) is 41.9 Å². The van der Waals surface area contributed by atoms with Crippen molar-refractivity contribution >= 4 is 16.9 Å². The molecular formula is C29H27FN2O4. The van der Waals surface area contributed by atoms with Gasteiger partial charge < -0.3 is 19.0 Å². The summed E-state index contributed by atoms with van der Waals surface area (Å²) in [4.78, 5) is 31.1. The second-order valence-corrected chi connectivity index (χ2v) is 8.73. The molecule has 1 aliphatic rings. The molecule has 3 aromatic carbocycles. The molecule has 1 aromatic heterocycles. The summed E-state index contributed by atoms with van der Waals surface area (Å²) < 4.78 is 25.9. The largest absolute Gasteiger partial charge is 0.457 e. The van der Waals surface area contributed by atoms with E-state index in [0.29, 0.717) is 24.6 Å². The van der Waals surface area contributed by atoms with Crippen molar-refractivity contribution in [2.24, 2.45) is 0 Å². The van der Waals surface area contributed by atoms with E-state index < -0.39 is 17.3 Å².